The van der Waals surface area contributed by atoms with Crippen molar-refractivity contribution < 1.29 is 0 Å². The van der Waals surface area contributed by atoms with Gasteiger partial charge in [0.15, 0.2) is 0 Å². The summed E-state index contributed by atoms with van der Waals surface area (Å²) in [5.41, 5.74) is 6.17. The average Bonchev–Trinajstić information content (AvgIpc) is 2.64. The van der Waals surface area contributed by atoms with Crippen molar-refractivity contribution in [3.63, 3.8) is 0 Å². The van der Waals surface area contributed by atoms with Gasteiger partial charge in [0.25, 0.3) is 0 Å². The Morgan fingerprint density at radius 1 is 1.18 bits per heavy atom. The summed E-state index contributed by atoms with van der Waals surface area (Å²) < 4.78 is 0. The quantitative estimate of drug-likeness (QED) is 0.605. The average molecular weight is 239 g/mol. The zero-order valence-corrected chi connectivity index (χ0v) is 11.2. The van der Waals surface area contributed by atoms with Crippen LogP contribution in [0, 0.1) is 0 Å². The van der Waals surface area contributed by atoms with Gasteiger partial charge in [0.05, 0.1) is 19.5 Å². The van der Waals surface area contributed by atoms with E-state index in [4.69, 9.17) is 0 Å². The third-order valence-corrected chi connectivity index (χ3v) is 7.08. The standard InChI is InChI=1S/C16H16P/c1-17(2)10-12-7-8-14-13-6-4-3-5-11(13)9-15(14)16(12)17/h3-9,13H,10H2,1-2H3/q+1. The van der Waals surface area contributed by atoms with E-state index in [1.807, 2.05) is 0 Å². The van der Waals surface area contributed by atoms with Crippen molar-refractivity contribution in [1.82, 2.24) is 0 Å². The van der Waals surface area contributed by atoms with Crippen molar-refractivity contribution >= 4 is 18.6 Å². The number of benzene rings is 1. The Labute approximate surface area is 103 Å². The van der Waals surface area contributed by atoms with Crippen LogP contribution in [0.15, 0.2) is 42.0 Å². The van der Waals surface area contributed by atoms with Crippen LogP contribution in [0.25, 0.3) is 6.08 Å². The molecular weight excluding hydrogens is 223 g/mol. The van der Waals surface area contributed by atoms with Crippen LogP contribution >= 0.6 is 7.26 Å². The van der Waals surface area contributed by atoms with Gasteiger partial charge in [0.1, 0.15) is 5.30 Å². The van der Waals surface area contributed by atoms with E-state index in [0.717, 1.165) is 0 Å². The maximum absolute atomic E-state index is 2.47. The van der Waals surface area contributed by atoms with Gasteiger partial charge in [0, 0.05) is 24.3 Å². The molecule has 1 aliphatic heterocycles. The molecule has 0 saturated heterocycles. The predicted molar refractivity (Wildman–Crippen MR) is 77.5 cm³/mol. The Bertz CT molecular complexity index is 615. The van der Waals surface area contributed by atoms with Crippen molar-refractivity contribution in [1.29, 1.82) is 0 Å². The number of allylic oxidation sites excluding steroid dienone is 5. The summed E-state index contributed by atoms with van der Waals surface area (Å²) in [5, 5.41) is 1.71. The molecule has 0 radical (unpaired) electrons. The fraction of sp³-hybridized carbons (Fsp3) is 0.250. The lowest BCUT2D eigenvalue weighted by Gasteiger charge is -2.32. The molecule has 0 aromatic heterocycles. The zero-order valence-electron chi connectivity index (χ0n) is 10.3. The lowest BCUT2D eigenvalue weighted by molar-refractivity contribution is 1.05. The van der Waals surface area contributed by atoms with E-state index in [2.05, 4.69) is 55.8 Å². The third-order valence-electron chi connectivity index (χ3n) is 4.21. The van der Waals surface area contributed by atoms with Gasteiger partial charge in [-0.2, -0.15) is 0 Å². The maximum Gasteiger partial charge on any atom is 0.108 e. The molecule has 0 spiro atoms. The first kappa shape index (κ1) is 9.85. The van der Waals surface area contributed by atoms with Crippen LogP contribution in [0.2, 0.25) is 0 Å². The topological polar surface area (TPSA) is 0 Å². The zero-order chi connectivity index (χ0) is 11.6. The summed E-state index contributed by atoms with van der Waals surface area (Å²) in [5.74, 6) is 0.529. The van der Waals surface area contributed by atoms with E-state index in [1.165, 1.54) is 17.3 Å². The van der Waals surface area contributed by atoms with Gasteiger partial charge in [-0.25, -0.2) is 0 Å². The molecule has 84 valence electrons. The number of hydrogen-bond donors (Lipinski definition) is 0. The fourth-order valence-electron chi connectivity index (χ4n) is 3.49. The van der Waals surface area contributed by atoms with Gasteiger partial charge < -0.3 is 0 Å². The van der Waals surface area contributed by atoms with Gasteiger partial charge >= 0.3 is 0 Å². The van der Waals surface area contributed by atoms with Crippen LogP contribution in [-0.4, -0.2) is 13.3 Å². The first-order valence-corrected chi connectivity index (χ1v) is 9.09. The van der Waals surface area contributed by atoms with Gasteiger partial charge in [-0.3, -0.25) is 0 Å². The molecule has 1 aromatic rings. The molecule has 1 heteroatoms. The highest BCUT2D eigenvalue weighted by molar-refractivity contribution is 7.83. The largest absolute Gasteiger partial charge is 0.108 e. The second-order valence-electron chi connectivity index (χ2n) is 5.79. The van der Waals surface area contributed by atoms with E-state index in [-0.39, 0.29) is 0 Å². The van der Waals surface area contributed by atoms with Crippen LogP contribution in [-0.2, 0) is 6.16 Å². The van der Waals surface area contributed by atoms with Crippen molar-refractivity contribution in [3.05, 3.63) is 58.7 Å². The predicted octanol–water partition coefficient (Wildman–Crippen LogP) is 3.71. The Kier molecular flexibility index (Phi) is 1.74. The van der Waals surface area contributed by atoms with Gasteiger partial charge in [-0.15, -0.1) is 0 Å². The van der Waals surface area contributed by atoms with E-state index in [1.54, 1.807) is 16.4 Å². The molecule has 1 aromatic carbocycles. The molecule has 3 aliphatic rings. The summed E-state index contributed by atoms with van der Waals surface area (Å²) in [6, 6.07) is 4.72. The summed E-state index contributed by atoms with van der Waals surface area (Å²) in [4.78, 5) is 0. The summed E-state index contributed by atoms with van der Waals surface area (Å²) in [6.45, 7) is 4.95. The summed E-state index contributed by atoms with van der Waals surface area (Å²) in [6.07, 6.45) is 12.7. The number of hydrogen-bond acceptors (Lipinski definition) is 0. The second-order valence-corrected chi connectivity index (χ2v) is 9.92. The monoisotopic (exact) mass is 239 g/mol. The Morgan fingerprint density at radius 3 is 2.88 bits per heavy atom. The van der Waals surface area contributed by atoms with Crippen molar-refractivity contribution in [2.75, 3.05) is 13.3 Å². The van der Waals surface area contributed by atoms with Crippen molar-refractivity contribution in [2.45, 2.75) is 12.1 Å². The number of fused-ring (bicyclic) bond motifs is 5. The van der Waals surface area contributed by atoms with Crippen molar-refractivity contribution in [3.8, 4) is 0 Å². The molecule has 0 bridgehead atoms. The van der Waals surface area contributed by atoms with Crippen molar-refractivity contribution in [2.24, 2.45) is 0 Å². The molecule has 0 N–H and O–H groups in total. The third kappa shape index (κ3) is 1.17. The minimum Gasteiger partial charge on any atom is -0.0726 e. The van der Waals surface area contributed by atoms with E-state index in [9.17, 15) is 0 Å². The van der Waals surface area contributed by atoms with E-state index >= 15 is 0 Å². The maximum atomic E-state index is 2.47. The highest BCUT2D eigenvalue weighted by Gasteiger charge is 2.46. The molecule has 17 heavy (non-hydrogen) atoms. The van der Waals surface area contributed by atoms with Crippen LogP contribution in [0.4, 0.5) is 0 Å². The van der Waals surface area contributed by atoms with Crippen LogP contribution in [0.5, 0.6) is 0 Å². The first-order chi connectivity index (χ1) is 8.17. The van der Waals surface area contributed by atoms with E-state index in [0.29, 0.717) is 5.92 Å². The Morgan fingerprint density at radius 2 is 2.06 bits per heavy atom. The van der Waals surface area contributed by atoms with Crippen LogP contribution in [0.1, 0.15) is 22.6 Å². The minimum atomic E-state index is -0.793. The second kappa shape index (κ2) is 3.00. The number of rotatable bonds is 0. The van der Waals surface area contributed by atoms with E-state index < -0.39 is 7.26 Å². The molecule has 0 fully saturated rings. The lowest BCUT2D eigenvalue weighted by atomic mass is 9.92. The SMILES string of the molecule is C[P+]1(C)Cc2ccc3c(c21)C=C1C=CC=CC13. The summed E-state index contributed by atoms with van der Waals surface area (Å²) >= 11 is 0. The van der Waals surface area contributed by atoms with Gasteiger partial charge in [0.2, 0.25) is 0 Å². The molecule has 2 aliphatic carbocycles. The fourth-order valence-corrected chi connectivity index (χ4v) is 6.27. The highest BCUT2D eigenvalue weighted by Crippen LogP contribution is 2.63. The Balaban J connectivity index is 1.99. The van der Waals surface area contributed by atoms with Gasteiger partial charge in [-0.05, 0) is 17.2 Å². The molecule has 1 unspecified atom stereocenters. The normalized spacial score (nSPS) is 25.8. The highest BCUT2D eigenvalue weighted by atomic mass is 31.2. The smallest absolute Gasteiger partial charge is 0.0726 e. The molecule has 1 atom stereocenters. The van der Waals surface area contributed by atoms with Crippen LogP contribution < -0.4 is 5.30 Å². The van der Waals surface area contributed by atoms with Gasteiger partial charge in [-0.1, -0.05) is 36.4 Å². The lowest BCUT2D eigenvalue weighted by Crippen LogP contribution is -2.29. The molecular formula is C16H16P+. The Hall–Kier alpha value is -1.13. The summed E-state index contributed by atoms with van der Waals surface area (Å²) in [7, 11) is -0.793. The first-order valence-electron chi connectivity index (χ1n) is 6.23. The van der Waals surface area contributed by atoms with Crippen LogP contribution in [0.3, 0.4) is 0 Å². The molecule has 1 heterocycles. The molecule has 0 saturated carbocycles. The molecule has 0 nitrogen and oxygen atoms in total. The molecule has 4 rings (SSSR count). The molecule has 0 amide bonds. The minimum absolute atomic E-state index is 0.529.